The summed E-state index contributed by atoms with van der Waals surface area (Å²) in [6, 6.07) is 1.59. The quantitative estimate of drug-likeness (QED) is 0.930. The van der Waals surface area contributed by atoms with Gasteiger partial charge in [0.25, 0.3) is 5.91 Å². The highest BCUT2D eigenvalue weighted by Gasteiger charge is 2.56. The van der Waals surface area contributed by atoms with Crippen LogP contribution in [0.15, 0.2) is 16.7 Å². The molecule has 5 nitrogen and oxygen atoms in total. The van der Waals surface area contributed by atoms with Crippen molar-refractivity contribution >= 4 is 17.5 Å². The Balaban J connectivity index is 1.65. The maximum absolute atomic E-state index is 12.4. The topological polar surface area (TPSA) is 62.9 Å². The van der Waals surface area contributed by atoms with Gasteiger partial charge in [0.05, 0.1) is 24.0 Å². The Labute approximate surface area is 128 Å². The van der Waals surface area contributed by atoms with Crippen molar-refractivity contribution in [1.29, 1.82) is 0 Å². The van der Waals surface area contributed by atoms with E-state index in [1.165, 1.54) is 6.26 Å². The van der Waals surface area contributed by atoms with Crippen molar-refractivity contribution in [2.45, 2.75) is 38.4 Å². The number of ether oxygens (including phenoxy) is 1. The Morgan fingerprint density at radius 3 is 2.81 bits per heavy atom. The lowest BCUT2D eigenvalue weighted by Crippen LogP contribution is -2.62. The zero-order valence-corrected chi connectivity index (χ0v) is 12.8. The van der Waals surface area contributed by atoms with E-state index < -0.39 is 0 Å². The third kappa shape index (κ3) is 2.37. The molecular weight excluding hydrogens is 294 g/mol. The number of nitrogens with zero attached hydrogens (tertiary/aromatic N) is 1. The van der Waals surface area contributed by atoms with Crippen molar-refractivity contribution in [1.82, 2.24) is 4.90 Å². The second-order valence-corrected chi connectivity index (χ2v) is 6.17. The third-order valence-electron chi connectivity index (χ3n) is 4.94. The largest absolute Gasteiger partial charge is 0.452 e. The summed E-state index contributed by atoms with van der Waals surface area (Å²) in [5, 5.41) is 10.3. The van der Waals surface area contributed by atoms with Crippen LogP contribution in [0.4, 0.5) is 0 Å². The number of aliphatic hydroxyl groups excluding tert-OH is 1. The molecule has 2 aliphatic rings. The molecule has 2 atom stereocenters. The highest BCUT2D eigenvalue weighted by Crippen LogP contribution is 2.51. The standard InChI is InChI=1S/C15H20ClNO4/c1-2-20-12-9-11(18)15(12)4-6-17(7-5-15)14(19)10-3-8-21-13(10)16/h3,8,11-12,18H,2,4-7,9H2,1H3/t11-,12+/m0/s1. The Hall–Kier alpha value is -1.04. The van der Waals surface area contributed by atoms with E-state index in [-0.39, 0.29) is 28.7 Å². The first kappa shape index (κ1) is 14.9. The molecule has 6 heteroatoms. The van der Waals surface area contributed by atoms with E-state index in [1.807, 2.05) is 6.92 Å². The van der Waals surface area contributed by atoms with E-state index in [2.05, 4.69) is 0 Å². The van der Waals surface area contributed by atoms with Gasteiger partial charge >= 0.3 is 0 Å². The van der Waals surface area contributed by atoms with Crippen molar-refractivity contribution in [2.24, 2.45) is 5.41 Å². The fraction of sp³-hybridized carbons (Fsp3) is 0.667. The zero-order chi connectivity index (χ0) is 15.0. The van der Waals surface area contributed by atoms with Gasteiger partial charge < -0.3 is 19.2 Å². The van der Waals surface area contributed by atoms with Crippen LogP contribution in [0.1, 0.15) is 36.5 Å². The van der Waals surface area contributed by atoms with Crippen LogP contribution >= 0.6 is 11.6 Å². The predicted octanol–water partition coefficient (Wildman–Crippen LogP) is 2.33. The summed E-state index contributed by atoms with van der Waals surface area (Å²) in [6.07, 6.45) is 3.45. The monoisotopic (exact) mass is 313 g/mol. The predicted molar refractivity (Wildman–Crippen MR) is 77.3 cm³/mol. The summed E-state index contributed by atoms with van der Waals surface area (Å²) in [4.78, 5) is 14.1. The first-order valence-corrected chi connectivity index (χ1v) is 7.78. The van der Waals surface area contributed by atoms with Crippen LogP contribution in [-0.4, -0.2) is 47.8 Å². The molecule has 1 aliphatic heterocycles. The number of halogens is 1. The number of hydrogen-bond donors (Lipinski definition) is 1. The average molecular weight is 314 g/mol. The van der Waals surface area contributed by atoms with Crippen LogP contribution in [-0.2, 0) is 4.74 Å². The number of piperidine rings is 1. The molecule has 2 fully saturated rings. The van der Waals surface area contributed by atoms with Crippen LogP contribution in [0.25, 0.3) is 0 Å². The van der Waals surface area contributed by atoms with Gasteiger partial charge in [-0.05, 0) is 37.4 Å². The lowest BCUT2D eigenvalue weighted by molar-refractivity contribution is -0.207. The molecule has 1 aliphatic carbocycles. The highest BCUT2D eigenvalue weighted by molar-refractivity contribution is 6.32. The van der Waals surface area contributed by atoms with Crippen molar-refractivity contribution in [3.8, 4) is 0 Å². The molecule has 1 aromatic rings. The van der Waals surface area contributed by atoms with E-state index in [1.54, 1.807) is 11.0 Å². The summed E-state index contributed by atoms with van der Waals surface area (Å²) in [5.41, 5.74) is 0.232. The molecule has 0 aromatic carbocycles. The minimum absolute atomic E-state index is 0.106. The van der Waals surface area contributed by atoms with Crippen LogP contribution in [0.5, 0.6) is 0 Å². The normalized spacial score (nSPS) is 27.7. The average Bonchev–Trinajstić information content (AvgIpc) is 2.92. The molecule has 2 heterocycles. The van der Waals surface area contributed by atoms with Crippen LogP contribution in [0.3, 0.4) is 0 Å². The first-order chi connectivity index (χ1) is 10.1. The molecule has 1 saturated carbocycles. The number of likely N-dealkylation sites (tertiary alicyclic amines) is 1. The number of carbonyl (C=O) groups is 1. The molecular formula is C15H20ClNO4. The van der Waals surface area contributed by atoms with E-state index in [0.717, 1.165) is 12.8 Å². The molecule has 3 rings (SSSR count). The minimum Gasteiger partial charge on any atom is -0.452 e. The summed E-state index contributed by atoms with van der Waals surface area (Å²) in [5.74, 6) is -0.106. The molecule has 1 aromatic heterocycles. The van der Waals surface area contributed by atoms with E-state index in [0.29, 0.717) is 31.7 Å². The van der Waals surface area contributed by atoms with Gasteiger partial charge in [0.1, 0.15) is 0 Å². The maximum Gasteiger partial charge on any atom is 0.258 e. The van der Waals surface area contributed by atoms with Crippen molar-refractivity contribution in [3.63, 3.8) is 0 Å². The maximum atomic E-state index is 12.4. The Kier molecular flexibility index (Phi) is 3.99. The number of amides is 1. The fourth-order valence-electron chi connectivity index (χ4n) is 3.56. The number of carbonyl (C=O) groups excluding carboxylic acids is 1. The molecule has 116 valence electrons. The number of rotatable bonds is 3. The number of aliphatic hydroxyl groups is 1. The van der Waals surface area contributed by atoms with Gasteiger partial charge in [0.15, 0.2) is 0 Å². The fourth-order valence-corrected chi connectivity index (χ4v) is 3.75. The summed E-state index contributed by atoms with van der Waals surface area (Å²) < 4.78 is 10.7. The van der Waals surface area contributed by atoms with Gasteiger partial charge in [-0.15, -0.1) is 0 Å². The van der Waals surface area contributed by atoms with Crippen molar-refractivity contribution in [2.75, 3.05) is 19.7 Å². The van der Waals surface area contributed by atoms with Gasteiger partial charge in [-0.1, -0.05) is 0 Å². The molecule has 0 radical (unpaired) electrons. The summed E-state index contributed by atoms with van der Waals surface area (Å²) in [7, 11) is 0. The molecule has 21 heavy (non-hydrogen) atoms. The molecule has 1 spiro atoms. The third-order valence-corrected chi connectivity index (χ3v) is 5.23. The summed E-state index contributed by atoms with van der Waals surface area (Å²) in [6.45, 7) is 3.85. The molecule has 0 unspecified atom stereocenters. The van der Waals surface area contributed by atoms with Gasteiger partial charge in [0.2, 0.25) is 5.22 Å². The van der Waals surface area contributed by atoms with Crippen LogP contribution in [0, 0.1) is 5.41 Å². The zero-order valence-electron chi connectivity index (χ0n) is 12.0. The molecule has 0 bridgehead atoms. The summed E-state index contributed by atoms with van der Waals surface area (Å²) >= 11 is 5.86. The van der Waals surface area contributed by atoms with Crippen molar-refractivity contribution < 1.29 is 19.1 Å². The molecule has 1 amide bonds. The SMILES string of the molecule is CCO[C@@H]1C[C@H](O)C12CCN(C(=O)c1ccoc1Cl)CC2. The lowest BCUT2D eigenvalue weighted by atomic mass is 9.58. The Morgan fingerprint density at radius 1 is 1.57 bits per heavy atom. The second-order valence-electron chi connectivity index (χ2n) is 5.83. The van der Waals surface area contributed by atoms with Gasteiger partial charge in [-0.2, -0.15) is 0 Å². The Bertz CT molecular complexity index is 519. The van der Waals surface area contributed by atoms with Crippen molar-refractivity contribution in [3.05, 3.63) is 23.1 Å². The van der Waals surface area contributed by atoms with Crippen LogP contribution < -0.4 is 0 Å². The van der Waals surface area contributed by atoms with Crippen LogP contribution in [0.2, 0.25) is 5.22 Å². The van der Waals surface area contributed by atoms with E-state index >= 15 is 0 Å². The Morgan fingerprint density at radius 2 is 2.29 bits per heavy atom. The number of hydrogen-bond acceptors (Lipinski definition) is 4. The van der Waals surface area contributed by atoms with Gasteiger partial charge in [-0.25, -0.2) is 0 Å². The second kappa shape index (κ2) is 5.63. The van der Waals surface area contributed by atoms with E-state index in [9.17, 15) is 9.90 Å². The smallest absolute Gasteiger partial charge is 0.258 e. The molecule has 1 N–H and O–H groups in total. The lowest BCUT2D eigenvalue weighted by Gasteiger charge is -2.56. The van der Waals surface area contributed by atoms with Gasteiger partial charge in [-0.3, -0.25) is 4.79 Å². The molecule has 1 saturated heterocycles. The highest BCUT2D eigenvalue weighted by atomic mass is 35.5. The van der Waals surface area contributed by atoms with Gasteiger partial charge in [0, 0.05) is 31.5 Å². The first-order valence-electron chi connectivity index (χ1n) is 7.40. The minimum atomic E-state index is -0.316. The van der Waals surface area contributed by atoms with E-state index in [4.69, 9.17) is 20.8 Å². The number of furan rings is 1.